The van der Waals surface area contributed by atoms with Crippen LogP contribution in [0.4, 0.5) is 4.39 Å². The molecule has 0 saturated heterocycles. The van der Waals surface area contributed by atoms with Crippen molar-refractivity contribution in [3.05, 3.63) is 92.5 Å². The van der Waals surface area contributed by atoms with Gasteiger partial charge in [-0.2, -0.15) is 5.26 Å². The second kappa shape index (κ2) is 8.39. The van der Waals surface area contributed by atoms with E-state index in [4.69, 9.17) is 47.9 Å². The van der Waals surface area contributed by atoms with E-state index in [0.717, 1.165) is 0 Å². The third-order valence-electron chi connectivity index (χ3n) is 5.39. The maximum atomic E-state index is 13.9. The number of halogens is 3. The van der Waals surface area contributed by atoms with Crippen molar-refractivity contribution in [2.45, 2.75) is 12.5 Å². The highest BCUT2D eigenvalue weighted by atomic mass is 35.5. The molecule has 33 heavy (non-hydrogen) atoms. The minimum atomic E-state index is -0.608. The molecule has 0 fully saturated rings. The summed E-state index contributed by atoms with van der Waals surface area (Å²) in [5.74, 6) is 0.672. The quantitative estimate of drug-likeness (QED) is 0.514. The first-order valence-electron chi connectivity index (χ1n) is 9.82. The van der Waals surface area contributed by atoms with Gasteiger partial charge in [0, 0.05) is 17.2 Å². The monoisotopic (exact) mass is 484 g/mol. The van der Waals surface area contributed by atoms with Gasteiger partial charge in [-0.15, -0.1) is 0 Å². The van der Waals surface area contributed by atoms with Crippen LogP contribution in [0.15, 0.2) is 60.0 Å². The normalized spacial score (nSPS) is 16.1. The van der Waals surface area contributed by atoms with Gasteiger partial charge in [-0.25, -0.2) is 4.39 Å². The molecule has 0 spiro atoms. The van der Waals surface area contributed by atoms with Crippen molar-refractivity contribution < 1.29 is 23.3 Å². The second-order valence-corrected chi connectivity index (χ2v) is 8.18. The summed E-state index contributed by atoms with van der Waals surface area (Å²) < 4.78 is 36.2. The van der Waals surface area contributed by atoms with Crippen LogP contribution < -0.4 is 24.7 Å². The lowest BCUT2D eigenvalue weighted by Gasteiger charge is -2.27. The molecule has 0 bridgehead atoms. The van der Waals surface area contributed by atoms with E-state index in [-0.39, 0.29) is 40.7 Å². The fourth-order valence-electron chi connectivity index (χ4n) is 3.84. The van der Waals surface area contributed by atoms with Crippen molar-refractivity contribution in [1.82, 2.24) is 0 Å². The van der Waals surface area contributed by atoms with Gasteiger partial charge in [0.1, 0.15) is 29.8 Å². The fraction of sp³-hybridized carbons (Fsp3) is 0.125. The van der Waals surface area contributed by atoms with E-state index in [9.17, 15) is 9.65 Å². The van der Waals surface area contributed by atoms with Gasteiger partial charge in [0.2, 0.25) is 12.7 Å². The number of nitrogens with zero attached hydrogens (tertiary/aromatic N) is 1. The van der Waals surface area contributed by atoms with Gasteiger partial charge in [-0.1, -0.05) is 41.4 Å². The molecule has 0 unspecified atom stereocenters. The summed E-state index contributed by atoms with van der Waals surface area (Å²) in [4.78, 5) is 0. The SMILES string of the molecule is N#CC1=C(N)Oc2cc3c(cc2[C@@H]1c1cc(Cl)c(OCc2ccccc2F)c(Cl)c1)OCO3. The van der Waals surface area contributed by atoms with Crippen LogP contribution in [-0.4, -0.2) is 6.79 Å². The predicted molar refractivity (Wildman–Crippen MR) is 119 cm³/mol. The number of benzene rings is 3. The van der Waals surface area contributed by atoms with E-state index < -0.39 is 11.7 Å². The van der Waals surface area contributed by atoms with Gasteiger partial charge < -0.3 is 24.7 Å². The molecule has 166 valence electrons. The fourth-order valence-corrected chi connectivity index (χ4v) is 4.45. The average molecular weight is 485 g/mol. The lowest BCUT2D eigenvalue weighted by atomic mass is 9.83. The molecule has 2 N–H and O–H groups in total. The Bertz CT molecular complexity index is 1330. The summed E-state index contributed by atoms with van der Waals surface area (Å²) >= 11 is 13.0. The molecular formula is C24H15Cl2FN2O4. The molecule has 5 rings (SSSR count). The second-order valence-electron chi connectivity index (χ2n) is 7.36. The Morgan fingerprint density at radius 2 is 1.76 bits per heavy atom. The Morgan fingerprint density at radius 1 is 1.06 bits per heavy atom. The van der Waals surface area contributed by atoms with Gasteiger partial charge in [0.25, 0.3) is 0 Å². The van der Waals surface area contributed by atoms with Gasteiger partial charge >= 0.3 is 0 Å². The molecule has 0 aromatic heterocycles. The zero-order chi connectivity index (χ0) is 23.1. The van der Waals surface area contributed by atoms with E-state index in [2.05, 4.69) is 6.07 Å². The van der Waals surface area contributed by atoms with Crippen molar-refractivity contribution in [2.75, 3.05) is 6.79 Å². The molecule has 1 atom stereocenters. The topological polar surface area (TPSA) is 86.7 Å². The van der Waals surface area contributed by atoms with Crippen LogP contribution in [0, 0.1) is 17.1 Å². The Labute approximate surface area is 198 Å². The van der Waals surface area contributed by atoms with E-state index >= 15 is 0 Å². The number of rotatable bonds is 4. The number of ether oxygens (including phenoxy) is 4. The smallest absolute Gasteiger partial charge is 0.231 e. The van der Waals surface area contributed by atoms with Gasteiger partial charge in [0.15, 0.2) is 17.2 Å². The average Bonchev–Trinajstić information content (AvgIpc) is 3.24. The van der Waals surface area contributed by atoms with Gasteiger partial charge in [-0.3, -0.25) is 0 Å². The molecule has 6 nitrogen and oxygen atoms in total. The molecule has 3 aromatic rings. The van der Waals surface area contributed by atoms with Crippen LogP contribution in [0.3, 0.4) is 0 Å². The van der Waals surface area contributed by atoms with Gasteiger partial charge in [0.05, 0.1) is 16.0 Å². The number of allylic oxidation sites excluding steroid dienone is 1. The minimum Gasteiger partial charge on any atom is -0.486 e. The van der Waals surface area contributed by atoms with Crippen LogP contribution in [0.25, 0.3) is 0 Å². The molecule has 2 heterocycles. The van der Waals surface area contributed by atoms with E-state index in [1.54, 1.807) is 42.5 Å². The summed E-state index contributed by atoms with van der Waals surface area (Å²) in [6, 6.07) is 15.1. The maximum Gasteiger partial charge on any atom is 0.231 e. The van der Waals surface area contributed by atoms with E-state index in [0.29, 0.717) is 33.9 Å². The summed E-state index contributed by atoms with van der Waals surface area (Å²) in [5.41, 5.74) is 7.87. The zero-order valence-electron chi connectivity index (χ0n) is 16.9. The van der Waals surface area contributed by atoms with Gasteiger partial charge in [-0.05, 0) is 29.8 Å². The first kappa shape index (κ1) is 21.3. The van der Waals surface area contributed by atoms with Crippen molar-refractivity contribution in [2.24, 2.45) is 5.73 Å². The third-order valence-corrected chi connectivity index (χ3v) is 5.96. The zero-order valence-corrected chi connectivity index (χ0v) is 18.4. The van der Waals surface area contributed by atoms with Crippen molar-refractivity contribution in [3.8, 4) is 29.1 Å². The number of nitriles is 1. The molecule has 2 aliphatic heterocycles. The molecule has 9 heteroatoms. The van der Waals surface area contributed by atoms with Crippen LogP contribution in [0.2, 0.25) is 10.0 Å². The highest BCUT2D eigenvalue weighted by molar-refractivity contribution is 6.37. The summed E-state index contributed by atoms with van der Waals surface area (Å²) in [6.45, 7) is 0.0357. The largest absolute Gasteiger partial charge is 0.486 e. The molecule has 2 aliphatic rings. The standard InChI is InChI=1S/C24H15Cl2FN2O4/c25-16-5-13(6-17(26)23(16)30-10-12-3-1-2-4-18(12)27)22-14-7-20-21(32-11-31-20)8-19(14)33-24(29)15(22)9-28/h1-8,22H,10-11,29H2/t22-/m0/s1. The van der Waals surface area contributed by atoms with Crippen molar-refractivity contribution in [3.63, 3.8) is 0 Å². The first-order valence-corrected chi connectivity index (χ1v) is 10.6. The van der Waals surface area contributed by atoms with E-state index in [1.807, 2.05) is 0 Å². The minimum absolute atomic E-state index is 0.0269. The maximum absolute atomic E-state index is 13.9. The number of fused-ring (bicyclic) bond motifs is 2. The summed E-state index contributed by atoms with van der Waals surface area (Å²) in [7, 11) is 0. The Hall–Kier alpha value is -3.60. The highest BCUT2D eigenvalue weighted by Gasteiger charge is 2.34. The molecular weight excluding hydrogens is 470 g/mol. The number of hydrogen-bond donors (Lipinski definition) is 1. The highest BCUT2D eigenvalue weighted by Crippen LogP contribution is 2.49. The Kier molecular flexibility index (Phi) is 5.41. The van der Waals surface area contributed by atoms with Crippen LogP contribution in [-0.2, 0) is 6.61 Å². The van der Waals surface area contributed by atoms with Crippen molar-refractivity contribution >= 4 is 23.2 Å². The Morgan fingerprint density at radius 3 is 2.45 bits per heavy atom. The van der Waals surface area contributed by atoms with Crippen LogP contribution >= 0.6 is 23.2 Å². The molecule has 3 aromatic carbocycles. The Balaban J connectivity index is 1.54. The third kappa shape index (κ3) is 3.78. The molecule has 0 radical (unpaired) electrons. The van der Waals surface area contributed by atoms with E-state index in [1.165, 1.54) is 6.07 Å². The van der Waals surface area contributed by atoms with Crippen LogP contribution in [0.1, 0.15) is 22.6 Å². The van der Waals surface area contributed by atoms with Crippen molar-refractivity contribution in [1.29, 1.82) is 5.26 Å². The van der Waals surface area contributed by atoms with Crippen LogP contribution in [0.5, 0.6) is 23.0 Å². The molecule has 0 aliphatic carbocycles. The lowest BCUT2D eigenvalue weighted by Crippen LogP contribution is -2.21. The first-order chi connectivity index (χ1) is 16.0. The summed E-state index contributed by atoms with van der Waals surface area (Å²) in [5, 5.41) is 10.2. The lowest BCUT2D eigenvalue weighted by molar-refractivity contribution is 0.174. The summed E-state index contributed by atoms with van der Waals surface area (Å²) in [6.07, 6.45) is 0. The molecule has 0 amide bonds. The number of hydrogen-bond acceptors (Lipinski definition) is 6. The number of nitrogens with two attached hydrogens (primary N) is 1. The molecule has 0 saturated carbocycles. The predicted octanol–water partition coefficient (Wildman–Crippen LogP) is 5.66.